The molecule has 0 bridgehead atoms. The Labute approximate surface area is 172 Å². The molecule has 0 unspecified atom stereocenters. The molecule has 0 saturated heterocycles. The van der Waals surface area contributed by atoms with E-state index in [9.17, 15) is 9.18 Å². The molecule has 1 aromatic heterocycles. The predicted octanol–water partition coefficient (Wildman–Crippen LogP) is 3.29. The molecule has 29 heavy (non-hydrogen) atoms. The van der Waals surface area contributed by atoms with Crippen LogP contribution in [0.25, 0.3) is 10.9 Å². The van der Waals surface area contributed by atoms with Crippen LogP contribution >= 0.6 is 12.2 Å². The molecule has 0 spiro atoms. The van der Waals surface area contributed by atoms with Crippen molar-refractivity contribution < 1.29 is 13.9 Å². The molecule has 0 saturated carbocycles. The summed E-state index contributed by atoms with van der Waals surface area (Å²) in [6, 6.07) is 11.7. The summed E-state index contributed by atoms with van der Waals surface area (Å²) in [7, 11) is 0. The Morgan fingerprint density at radius 1 is 1.17 bits per heavy atom. The summed E-state index contributed by atoms with van der Waals surface area (Å²) in [5.41, 5.74) is 1.95. The molecule has 0 atom stereocenters. The molecule has 8 heteroatoms. The van der Waals surface area contributed by atoms with Crippen LogP contribution in [0.15, 0.2) is 47.3 Å². The lowest BCUT2D eigenvalue weighted by Gasteiger charge is -2.25. The van der Waals surface area contributed by atoms with Crippen molar-refractivity contribution in [2.45, 2.75) is 20.0 Å². The molecule has 0 radical (unpaired) electrons. The fourth-order valence-corrected chi connectivity index (χ4v) is 3.51. The first-order chi connectivity index (χ1) is 14.0. The third-order valence-electron chi connectivity index (χ3n) is 4.68. The fraction of sp³-hybridized carbons (Fsp3) is 0.238. The maximum atomic E-state index is 13.2. The minimum atomic E-state index is -0.292. The van der Waals surface area contributed by atoms with Gasteiger partial charge in [0.25, 0.3) is 5.56 Å². The zero-order valence-corrected chi connectivity index (χ0v) is 16.6. The van der Waals surface area contributed by atoms with E-state index in [1.807, 2.05) is 24.0 Å². The van der Waals surface area contributed by atoms with Crippen molar-refractivity contribution in [3.63, 3.8) is 0 Å². The maximum Gasteiger partial charge on any atom is 0.253 e. The summed E-state index contributed by atoms with van der Waals surface area (Å²) in [5, 5.41) is 4.50. The van der Waals surface area contributed by atoms with Gasteiger partial charge in [-0.05, 0) is 49.0 Å². The molecule has 0 amide bonds. The summed E-state index contributed by atoms with van der Waals surface area (Å²) < 4.78 is 24.0. The van der Waals surface area contributed by atoms with Gasteiger partial charge in [0.05, 0.1) is 12.1 Å². The van der Waals surface area contributed by atoms with E-state index in [0.29, 0.717) is 47.3 Å². The molecule has 4 rings (SSSR count). The predicted molar refractivity (Wildman–Crippen MR) is 113 cm³/mol. The van der Waals surface area contributed by atoms with Crippen LogP contribution in [-0.4, -0.2) is 28.3 Å². The van der Waals surface area contributed by atoms with Gasteiger partial charge in [0.2, 0.25) is 6.79 Å². The number of hydrogen-bond acceptors (Lipinski definition) is 4. The number of fused-ring (bicyclic) bond motifs is 2. The highest BCUT2D eigenvalue weighted by Gasteiger charge is 2.17. The summed E-state index contributed by atoms with van der Waals surface area (Å²) in [4.78, 5) is 17.5. The van der Waals surface area contributed by atoms with Gasteiger partial charge in [-0.25, -0.2) is 4.39 Å². The summed E-state index contributed by atoms with van der Waals surface area (Å²) >= 11 is 5.49. The number of pyridine rings is 1. The van der Waals surface area contributed by atoms with Gasteiger partial charge < -0.3 is 24.7 Å². The van der Waals surface area contributed by atoms with Crippen LogP contribution in [0.1, 0.15) is 18.1 Å². The van der Waals surface area contributed by atoms with E-state index in [2.05, 4.69) is 10.3 Å². The van der Waals surface area contributed by atoms with Crippen molar-refractivity contribution in [1.82, 2.24) is 15.2 Å². The zero-order valence-electron chi connectivity index (χ0n) is 15.8. The monoisotopic (exact) mass is 413 g/mol. The second-order valence-electron chi connectivity index (χ2n) is 6.73. The van der Waals surface area contributed by atoms with Crippen LogP contribution in [0, 0.1) is 5.82 Å². The number of hydrogen-bond donors (Lipinski definition) is 2. The number of rotatable bonds is 5. The Morgan fingerprint density at radius 3 is 2.62 bits per heavy atom. The molecule has 1 aliphatic rings. The largest absolute Gasteiger partial charge is 0.454 e. The molecule has 2 N–H and O–H groups in total. The number of benzene rings is 2. The number of aromatic amines is 1. The molecule has 150 valence electrons. The molecule has 0 fully saturated rings. The van der Waals surface area contributed by atoms with E-state index in [0.717, 1.165) is 10.9 Å². The van der Waals surface area contributed by atoms with Crippen molar-refractivity contribution in [3.8, 4) is 11.5 Å². The van der Waals surface area contributed by atoms with Crippen molar-refractivity contribution in [2.75, 3.05) is 13.3 Å². The number of ether oxygens (including phenoxy) is 2. The maximum absolute atomic E-state index is 13.2. The zero-order chi connectivity index (χ0) is 20.4. The molecule has 2 aromatic carbocycles. The number of halogens is 1. The average molecular weight is 413 g/mol. The first-order valence-corrected chi connectivity index (χ1v) is 9.67. The summed E-state index contributed by atoms with van der Waals surface area (Å²) in [6.45, 7) is 3.54. The van der Waals surface area contributed by atoms with Gasteiger partial charge >= 0.3 is 0 Å². The summed E-state index contributed by atoms with van der Waals surface area (Å²) in [5.74, 6) is 0.980. The standard InChI is InChI=1S/C21H20FN3O3S/c1-2-23-21(29)25(10-13-3-5-16(22)6-4-13)11-15-7-14-8-18-19(28-12-27-18)9-17(14)24-20(15)26/h3-9H,2,10-12H2,1H3,(H,23,29)(H,24,26). The number of H-pyrrole nitrogens is 1. The molecule has 3 aromatic rings. The topological polar surface area (TPSA) is 66.6 Å². The third kappa shape index (κ3) is 4.17. The minimum Gasteiger partial charge on any atom is -0.454 e. The Hall–Kier alpha value is -3.13. The minimum absolute atomic E-state index is 0.172. The van der Waals surface area contributed by atoms with Gasteiger partial charge in [-0.3, -0.25) is 4.79 Å². The van der Waals surface area contributed by atoms with Crippen molar-refractivity contribution >= 4 is 28.2 Å². The fourth-order valence-electron chi connectivity index (χ4n) is 3.24. The average Bonchev–Trinajstić information content (AvgIpc) is 3.15. The van der Waals surface area contributed by atoms with Gasteiger partial charge in [0, 0.05) is 30.1 Å². The number of nitrogens with zero attached hydrogens (tertiary/aromatic N) is 1. The van der Waals surface area contributed by atoms with E-state index in [1.165, 1.54) is 12.1 Å². The van der Waals surface area contributed by atoms with Crippen LogP contribution < -0.4 is 20.3 Å². The van der Waals surface area contributed by atoms with Crippen LogP contribution in [-0.2, 0) is 13.1 Å². The Morgan fingerprint density at radius 2 is 1.90 bits per heavy atom. The van der Waals surface area contributed by atoms with E-state index in [-0.39, 0.29) is 18.2 Å². The van der Waals surface area contributed by atoms with Gasteiger partial charge in [-0.1, -0.05) is 12.1 Å². The third-order valence-corrected chi connectivity index (χ3v) is 5.08. The highest BCUT2D eigenvalue weighted by Crippen LogP contribution is 2.35. The Balaban J connectivity index is 1.65. The Bertz CT molecular complexity index is 1110. The van der Waals surface area contributed by atoms with Crippen LogP contribution in [0.2, 0.25) is 0 Å². The molecule has 2 heterocycles. The normalized spacial score (nSPS) is 12.2. The lowest BCUT2D eigenvalue weighted by Crippen LogP contribution is -2.39. The van der Waals surface area contributed by atoms with Crippen molar-refractivity contribution in [2.24, 2.45) is 0 Å². The lowest BCUT2D eigenvalue weighted by molar-refractivity contribution is 0.174. The van der Waals surface area contributed by atoms with Gasteiger partial charge in [0.1, 0.15) is 5.82 Å². The molecular weight excluding hydrogens is 393 g/mol. The second-order valence-corrected chi connectivity index (χ2v) is 7.12. The van der Waals surface area contributed by atoms with E-state index in [1.54, 1.807) is 18.2 Å². The second kappa shape index (κ2) is 8.08. The molecule has 6 nitrogen and oxygen atoms in total. The van der Waals surface area contributed by atoms with Crippen LogP contribution in [0.4, 0.5) is 4.39 Å². The SMILES string of the molecule is CCNC(=S)N(Cc1ccc(F)cc1)Cc1cc2cc3c(cc2[nH]c1=O)OCO3. The summed E-state index contributed by atoms with van der Waals surface area (Å²) in [6.07, 6.45) is 0. The lowest BCUT2D eigenvalue weighted by atomic mass is 10.1. The van der Waals surface area contributed by atoms with Crippen molar-refractivity contribution in [1.29, 1.82) is 0 Å². The first-order valence-electron chi connectivity index (χ1n) is 9.26. The number of thiocarbonyl (C=S) groups is 1. The van der Waals surface area contributed by atoms with Crippen molar-refractivity contribution in [3.05, 3.63) is 69.8 Å². The van der Waals surface area contributed by atoms with E-state index < -0.39 is 0 Å². The van der Waals surface area contributed by atoms with E-state index >= 15 is 0 Å². The highest BCUT2D eigenvalue weighted by molar-refractivity contribution is 7.80. The molecule has 1 aliphatic heterocycles. The van der Waals surface area contributed by atoms with Crippen LogP contribution in [0.5, 0.6) is 11.5 Å². The molecular formula is C21H20FN3O3S. The Kier molecular flexibility index (Phi) is 5.35. The van der Waals surface area contributed by atoms with Gasteiger partial charge in [-0.15, -0.1) is 0 Å². The molecule has 0 aliphatic carbocycles. The van der Waals surface area contributed by atoms with Crippen LogP contribution in [0.3, 0.4) is 0 Å². The van der Waals surface area contributed by atoms with Gasteiger partial charge in [-0.2, -0.15) is 0 Å². The highest BCUT2D eigenvalue weighted by atomic mass is 32.1. The quantitative estimate of drug-likeness (QED) is 0.626. The smallest absolute Gasteiger partial charge is 0.253 e. The van der Waals surface area contributed by atoms with E-state index in [4.69, 9.17) is 21.7 Å². The van der Waals surface area contributed by atoms with Gasteiger partial charge in [0.15, 0.2) is 16.6 Å². The first kappa shape index (κ1) is 19.2. The number of aromatic nitrogens is 1. The number of nitrogens with one attached hydrogen (secondary N) is 2.